The molecule has 0 unspecified atom stereocenters. The number of aliphatic carboxylic acids is 1. The number of hydrogen-bond acceptors (Lipinski definition) is 5. The number of benzene rings is 3. The molecule has 7 nitrogen and oxygen atoms in total. The molecule has 0 aromatic heterocycles. The minimum atomic E-state index is -3.89. The quantitative estimate of drug-likeness (QED) is 0.267. The molecule has 0 radical (unpaired) electrons. The van der Waals surface area contributed by atoms with E-state index in [0.29, 0.717) is 17.5 Å². The van der Waals surface area contributed by atoms with Crippen LogP contribution in [0.4, 0.5) is 4.39 Å². The van der Waals surface area contributed by atoms with Crippen LogP contribution < -0.4 is 5.32 Å². The van der Waals surface area contributed by atoms with Gasteiger partial charge in [-0.05, 0) is 72.9 Å². The zero-order valence-electron chi connectivity index (χ0n) is 21.9. The Bertz CT molecular complexity index is 1440. The summed E-state index contributed by atoms with van der Waals surface area (Å²) in [5.41, 5.74) is 2.41. The molecule has 3 N–H and O–H groups in total. The number of carboxylic acids is 1. The normalized spacial score (nSPS) is 13.2. The van der Waals surface area contributed by atoms with Gasteiger partial charge in [-0.1, -0.05) is 54.1 Å². The van der Waals surface area contributed by atoms with Gasteiger partial charge >= 0.3 is 5.97 Å². The summed E-state index contributed by atoms with van der Waals surface area (Å²) in [7, 11) is -2.47. The molecule has 3 aromatic rings. The van der Waals surface area contributed by atoms with E-state index in [9.17, 15) is 22.7 Å². The largest absolute Gasteiger partial charge is 0.478 e. The van der Waals surface area contributed by atoms with Gasteiger partial charge < -0.3 is 15.5 Å². The summed E-state index contributed by atoms with van der Waals surface area (Å²) in [6.45, 7) is 3.82. The molecule has 3 rings (SSSR count). The van der Waals surface area contributed by atoms with Gasteiger partial charge in [-0.25, -0.2) is 17.6 Å². The van der Waals surface area contributed by atoms with Gasteiger partial charge in [-0.2, -0.15) is 4.31 Å². The molecular weight excluding hydrogens is 543 g/mol. The summed E-state index contributed by atoms with van der Waals surface area (Å²) in [6, 6.07) is 18.2. The van der Waals surface area contributed by atoms with Crippen LogP contribution in [0, 0.1) is 5.82 Å². The Labute approximate surface area is 233 Å². The molecule has 10 heteroatoms. The smallest absolute Gasteiger partial charge is 0.328 e. The van der Waals surface area contributed by atoms with E-state index < -0.39 is 33.5 Å². The molecular formula is C29H32ClFN2O5S. The number of aliphatic hydroxyl groups is 1. The van der Waals surface area contributed by atoms with Crippen molar-refractivity contribution in [2.75, 3.05) is 20.1 Å². The second-order valence-electron chi connectivity index (χ2n) is 9.95. The van der Waals surface area contributed by atoms with E-state index in [-0.39, 0.29) is 23.0 Å². The average Bonchev–Trinajstić information content (AvgIpc) is 2.88. The molecule has 208 valence electrons. The summed E-state index contributed by atoms with van der Waals surface area (Å²) in [6.07, 6.45) is 2.01. The molecule has 0 aliphatic rings. The van der Waals surface area contributed by atoms with Crippen molar-refractivity contribution in [1.29, 1.82) is 0 Å². The maximum absolute atomic E-state index is 13.8. The molecule has 0 spiro atoms. The molecule has 0 aliphatic heterocycles. The highest BCUT2D eigenvalue weighted by atomic mass is 35.5. The summed E-state index contributed by atoms with van der Waals surface area (Å²) >= 11 is 5.75. The Kier molecular flexibility index (Phi) is 10.0. The van der Waals surface area contributed by atoms with Crippen LogP contribution in [0.15, 0.2) is 77.7 Å². The Hall–Kier alpha value is -3.08. The summed E-state index contributed by atoms with van der Waals surface area (Å²) in [5, 5.41) is 22.6. The molecule has 1 atom stereocenters. The molecule has 0 bridgehead atoms. The molecule has 0 saturated heterocycles. The van der Waals surface area contributed by atoms with Crippen molar-refractivity contribution in [2.45, 2.75) is 36.8 Å². The number of likely N-dealkylation sites (N-methyl/N-ethyl adjacent to an activating group) is 1. The Morgan fingerprint density at radius 3 is 2.44 bits per heavy atom. The number of nitrogens with zero attached hydrogens (tertiary/aromatic N) is 1. The van der Waals surface area contributed by atoms with Gasteiger partial charge in [0.2, 0.25) is 10.0 Å². The minimum absolute atomic E-state index is 0.0537. The lowest BCUT2D eigenvalue weighted by Gasteiger charge is -2.29. The number of nitrogens with one attached hydrogen (secondary N) is 1. The number of hydrogen-bond donors (Lipinski definition) is 3. The first-order chi connectivity index (χ1) is 18.3. The van der Waals surface area contributed by atoms with E-state index in [1.165, 1.54) is 31.3 Å². The first-order valence-corrected chi connectivity index (χ1v) is 14.0. The second kappa shape index (κ2) is 12.8. The van der Waals surface area contributed by atoms with Gasteiger partial charge in [0.25, 0.3) is 0 Å². The predicted molar refractivity (Wildman–Crippen MR) is 152 cm³/mol. The predicted octanol–water partition coefficient (Wildman–Crippen LogP) is 4.84. The fourth-order valence-corrected chi connectivity index (χ4v) is 5.42. The van der Waals surface area contributed by atoms with Gasteiger partial charge in [0.15, 0.2) is 0 Å². The fraction of sp³-hybridized carbons (Fsp3) is 0.276. The van der Waals surface area contributed by atoms with Crippen molar-refractivity contribution >= 4 is 33.7 Å². The van der Waals surface area contributed by atoms with Gasteiger partial charge in [0, 0.05) is 31.8 Å². The Morgan fingerprint density at radius 2 is 1.79 bits per heavy atom. The standard InChI is InChI=1S/C29H32ClFN2O5S/c1-29(2,17-21-9-13-26(30)27(31)15-21)32-18-24(34)19-33(3)39(37,38)25-6-4-5-23(16-25)22-11-7-20(8-12-22)10-14-28(35)36/h4-16,24,32,34H,17-19H2,1-3H3,(H,35,36)/b14-10+/t24-/m1/s1. The van der Waals surface area contributed by atoms with Crippen LogP contribution in [0.5, 0.6) is 0 Å². The highest BCUT2D eigenvalue weighted by Crippen LogP contribution is 2.25. The highest BCUT2D eigenvalue weighted by Gasteiger charge is 2.25. The zero-order valence-corrected chi connectivity index (χ0v) is 23.5. The van der Waals surface area contributed by atoms with Crippen LogP contribution in [0.3, 0.4) is 0 Å². The van der Waals surface area contributed by atoms with Crippen LogP contribution in [-0.2, 0) is 21.2 Å². The fourth-order valence-electron chi connectivity index (χ4n) is 4.05. The van der Waals surface area contributed by atoms with E-state index in [1.54, 1.807) is 48.5 Å². The van der Waals surface area contributed by atoms with Crippen LogP contribution >= 0.6 is 11.6 Å². The summed E-state index contributed by atoms with van der Waals surface area (Å²) in [5.74, 6) is -1.54. The van der Waals surface area contributed by atoms with Crippen molar-refractivity contribution < 1.29 is 27.8 Å². The monoisotopic (exact) mass is 574 g/mol. The van der Waals surface area contributed by atoms with Crippen molar-refractivity contribution in [3.63, 3.8) is 0 Å². The van der Waals surface area contributed by atoms with Crippen LogP contribution in [0.1, 0.15) is 25.0 Å². The molecule has 0 heterocycles. The zero-order chi connectivity index (χ0) is 28.8. The van der Waals surface area contributed by atoms with E-state index in [2.05, 4.69) is 5.32 Å². The number of sulfonamides is 1. The molecule has 0 aliphatic carbocycles. The first kappa shape index (κ1) is 30.5. The summed E-state index contributed by atoms with van der Waals surface area (Å²) in [4.78, 5) is 10.8. The van der Waals surface area contributed by atoms with Gasteiger partial charge in [0.1, 0.15) is 5.82 Å². The third-order valence-electron chi connectivity index (χ3n) is 6.12. The van der Waals surface area contributed by atoms with Crippen molar-refractivity contribution in [2.24, 2.45) is 0 Å². The number of carboxylic acid groups (broad SMARTS) is 1. The average molecular weight is 575 g/mol. The Morgan fingerprint density at radius 1 is 1.10 bits per heavy atom. The van der Waals surface area contributed by atoms with Crippen LogP contribution in [0.25, 0.3) is 17.2 Å². The van der Waals surface area contributed by atoms with E-state index >= 15 is 0 Å². The van der Waals surface area contributed by atoms with Crippen molar-refractivity contribution in [3.05, 3.63) is 94.8 Å². The lowest BCUT2D eigenvalue weighted by Crippen LogP contribution is -2.47. The highest BCUT2D eigenvalue weighted by molar-refractivity contribution is 7.89. The topological polar surface area (TPSA) is 107 Å². The number of rotatable bonds is 12. The Balaban J connectivity index is 1.63. The van der Waals surface area contributed by atoms with Crippen LogP contribution in [-0.4, -0.2) is 60.7 Å². The van der Waals surface area contributed by atoms with Crippen molar-refractivity contribution in [1.82, 2.24) is 9.62 Å². The maximum Gasteiger partial charge on any atom is 0.328 e. The van der Waals surface area contributed by atoms with Crippen molar-refractivity contribution in [3.8, 4) is 11.1 Å². The first-order valence-electron chi connectivity index (χ1n) is 12.2. The van der Waals surface area contributed by atoms with E-state index in [4.69, 9.17) is 16.7 Å². The summed E-state index contributed by atoms with van der Waals surface area (Å²) < 4.78 is 41.4. The van der Waals surface area contributed by atoms with Gasteiger partial charge in [-0.15, -0.1) is 0 Å². The maximum atomic E-state index is 13.8. The minimum Gasteiger partial charge on any atom is -0.478 e. The third-order valence-corrected chi connectivity index (χ3v) is 8.24. The number of aliphatic hydroxyl groups excluding tert-OH is 1. The number of β-amino-alcohol motifs (C(OH)–C–C–N with tert-alkyl or cyclic N) is 1. The number of halogens is 2. The van der Waals surface area contributed by atoms with Crippen LogP contribution in [0.2, 0.25) is 5.02 Å². The molecule has 0 fully saturated rings. The molecule has 39 heavy (non-hydrogen) atoms. The van der Waals surface area contributed by atoms with Gasteiger partial charge in [-0.3, -0.25) is 0 Å². The third kappa shape index (κ3) is 8.71. The molecule has 0 amide bonds. The molecule has 0 saturated carbocycles. The lowest BCUT2D eigenvalue weighted by molar-refractivity contribution is -0.131. The SMILES string of the molecule is CN(C[C@H](O)CNC(C)(C)Cc1ccc(Cl)c(F)c1)S(=O)(=O)c1cccc(-c2ccc(/C=C/C(=O)O)cc2)c1. The second-order valence-corrected chi connectivity index (χ2v) is 12.4. The lowest BCUT2D eigenvalue weighted by atomic mass is 9.94. The van der Waals surface area contributed by atoms with E-state index in [1.807, 2.05) is 13.8 Å². The number of carbonyl (C=O) groups is 1. The van der Waals surface area contributed by atoms with Gasteiger partial charge in [0.05, 0.1) is 16.0 Å². The van der Waals surface area contributed by atoms with E-state index in [0.717, 1.165) is 21.5 Å². The molecule has 3 aromatic carbocycles.